The summed E-state index contributed by atoms with van der Waals surface area (Å²) in [7, 11) is 0. The van der Waals surface area contributed by atoms with Crippen LogP contribution in [-0.2, 0) is 6.42 Å². The number of nitrogens with zero attached hydrogens (tertiary/aromatic N) is 2. The Kier molecular flexibility index (Phi) is 5.65. The molecule has 1 aliphatic carbocycles. The lowest BCUT2D eigenvalue weighted by Crippen LogP contribution is -2.08. The van der Waals surface area contributed by atoms with Crippen LogP contribution in [0.3, 0.4) is 0 Å². The fraction of sp³-hybridized carbons (Fsp3) is 0.182. The van der Waals surface area contributed by atoms with Gasteiger partial charge in [0.25, 0.3) is 0 Å². The normalized spacial score (nSPS) is 11.8. The van der Waals surface area contributed by atoms with Crippen molar-refractivity contribution >= 4 is 29.8 Å². The van der Waals surface area contributed by atoms with E-state index in [1.54, 1.807) is 17.5 Å². The van der Waals surface area contributed by atoms with Crippen LogP contribution in [0.15, 0.2) is 48.0 Å². The number of hydrogen-bond donors (Lipinski definition) is 0. The molecule has 136 valence electrons. The first-order valence-corrected chi connectivity index (χ1v) is 9.49. The second-order valence-corrected chi connectivity index (χ2v) is 7.36. The zero-order valence-electron chi connectivity index (χ0n) is 15.1. The molecule has 4 rings (SSSR count). The monoisotopic (exact) mass is 394 g/mol. The maximum absolute atomic E-state index is 9.61. The summed E-state index contributed by atoms with van der Waals surface area (Å²) in [4.78, 5) is 4.52. The first-order chi connectivity index (χ1) is 12.7. The highest BCUT2D eigenvalue weighted by Crippen LogP contribution is 2.44. The summed E-state index contributed by atoms with van der Waals surface area (Å²) < 4.78 is 6.10. The van der Waals surface area contributed by atoms with Gasteiger partial charge in [-0.3, -0.25) is 0 Å². The van der Waals surface area contributed by atoms with Crippen LogP contribution in [0, 0.1) is 11.3 Å². The van der Waals surface area contributed by atoms with Gasteiger partial charge in [0.1, 0.15) is 16.8 Å². The third-order valence-electron chi connectivity index (χ3n) is 4.39. The largest absolute Gasteiger partial charge is 0.489 e. The Morgan fingerprint density at radius 1 is 1.19 bits per heavy atom. The van der Waals surface area contributed by atoms with Crippen molar-refractivity contribution in [3.05, 3.63) is 64.7 Å². The quantitative estimate of drug-likeness (QED) is 0.534. The molecule has 0 amide bonds. The summed E-state index contributed by atoms with van der Waals surface area (Å²) in [5, 5.41) is 12.4. The average molecular weight is 395 g/mol. The van der Waals surface area contributed by atoms with Crippen LogP contribution in [-0.4, -0.2) is 11.1 Å². The highest BCUT2D eigenvalue weighted by molar-refractivity contribution is 7.13. The fourth-order valence-corrected chi connectivity index (χ4v) is 4.03. The number of hydrogen-bond acceptors (Lipinski definition) is 4. The van der Waals surface area contributed by atoms with Crippen molar-refractivity contribution in [1.82, 2.24) is 4.98 Å². The SMILES string of the molecule is CC(C)Oc1c(C#N)ccc(-c2cccc3c2C=CC3)c1-c1nccs1.Cl. The topological polar surface area (TPSA) is 45.9 Å². The Morgan fingerprint density at radius 2 is 2.04 bits per heavy atom. The summed E-state index contributed by atoms with van der Waals surface area (Å²) in [6.45, 7) is 3.95. The third kappa shape index (κ3) is 3.49. The molecule has 0 unspecified atom stereocenters. The predicted molar refractivity (Wildman–Crippen MR) is 113 cm³/mol. The molecule has 3 nitrogen and oxygen atoms in total. The molecule has 0 bridgehead atoms. The van der Waals surface area contributed by atoms with Gasteiger partial charge in [-0.15, -0.1) is 23.7 Å². The lowest BCUT2D eigenvalue weighted by molar-refractivity contribution is 0.243. The van der Waals surface area contributed by atoms with E-state index < -0.39 is 0 Å². The second-order valence-electron chi connectivity index (χ2n) is 6.47. The first kappa shape index (κ1) is 19.2. The highest BCUT2D eigenvalue weighted by atomic mass is 35.5. The van der Waals surface area contributed by atoms with Gasteiger partial charge in [0.05, 0.1) is 17.2 Å². The zero-order chi connectivity index (χ0) is 18.1. The van der Waals surface area contributed by atoms with Crippen molar-refractivity contribution in [2.45, 2.75) is 26.4 Å². The number of nitriles is 1. The molecule has 0 spiro atoms. The molecule has 0 fully saturated rings. The second kappa shape index (κ2) is 7.96. The molecular formula is C22H19ClN2OS. The number of rotatable bonds is 4. The molecule has 3 aromatic rings. The third-order valence-corrected chi connectivity index (χ3v) is 5.18. The zero-order valence-corrected chi connectivity index (χ0v) is 16.7. The van der Waals surface area contributed by atoms with Crippen LogP contribution >= 0.6 is 23.7 Å². The predicted octanol–water partition coefficient (Wildman–Crippen LogP) is 6.13. The highest BCUT2D eigenvalue weighted by Gasteiger charge is 2.22. The van der Waals surface area contributed by atoms with Crippen molar-refractivity contribution in [2.24, 2.45) is 0 Å². The van der Waals surface area contributed by atoms with Gasteiger partial charge in [0, 0.05) is 11.6 Å². The molecule has 2 aromatic carbocycles. The fourth-order valence-electron chi connectivity index (χ4n) is 3.34. The Balaban J connectivity index is 0.00000210. The van der Waals surface area contributed by atoms with Crippen LogP contribution < -0.4 is 4.74 Å². The summed E-state index contributed by atoms with van der Waals surface area (Å²) in [5.74, 6) is 0.620. The summed E-state index contributed by atoms with van der Waals surface area (Å²) in [6, 6.07) is 12.5. The molecule has 5 heteroatoms. The molecule has 1 heterocycles. The molecule has 0 N–H and O–H groups in total. The van der Waals surface area contributed by atoms with E-state index in [0.717, 1.165) is 28.1 Å². The van der Waals surface area contributed by atoms with Gasteiger partial charge >= 0.3 is 0 Å². The van der Waals surface area contributed by atoms with Gasteiger partial charge in [-0.05, 0) is 48.6 Å². The maximum Gasteiger partial charge on any atom is 0.148 e. The van der Waals surface area contributed by atoms with Crippen LogP contribution in [0.1, 0.15) is 30.5 Å². The van der Waals surface area contributed by atoms with E-state index >= 15 is 0 Å². The Morgan fingerprint density at radius 3 is 2.74 bits per heavy atom. The summed E-state index contributed by atoms with van der Waals surface area (Å²) in [6.07, 6.45) is 7.08. The van der Waals surface area contributed by atoms with Crippen molar-refractivity contribution in [3.63, 3.8) is 0 Å². The smallest absolute Gasteiger partial charge is 0.148 e. The van der Waals surface area contributed by atoms with E-state index in [0.29, 0.717) is 11.3 Å². The summed E-state index contributed by atoms with van der Waals surface area (Å²) in [5.41, 5.74) is 6.21. The molecule has 1 aliphatic rings. The minimum absolute atomic E-state index is 0. The minimum Gasteiger partial charge on any atom is -0.489 e. The van der Waals surface area contributed by atoms with Gasteiger partial charge in [-0.25, -0.2) is 4.98 Å². The van der Waals surface area contributed by atoms with Gasteiger partial charge in [0.2, 0.25) is 0 Å². The van der Waals surface area contributed by atoms with Gasteiger partial charge in [0.15, 0.2) is 0 Å². The standard InChI is InChI=1S/C22H18N2OS.ClH/c1-14(2)25-21-16(13-23)9-10-19(20(21)22-24-11-12-26-22)18-8-4-6-15-5-3-7-17(15)18;/h3-4,6-12,14H,5H2,1-2H3;1H. The lowest BCUT2D eigenvalue weighted by atomic mass is 9.92. The van der Waals surface area contributed by atoms with Crippen molar-refractivity contribution in [3.8, 4) is 33.5 Å². The van der Waals surface area contributed by atoms with Crippen LogP contribution in [0.5, 0.6) is 5.75 Å². The number of fused-ring (bicyclic) bond motifs is 1. The van der Waals surface area contributed by atoms with E-state index in [4.69, 9.17) is 4.74 Å². The Hall–Kier alpha value is -2.61. The number of thiazole rings is 1. The Labute approximate surface area is 169 Å². The van der Waals surface area contributed by atoms with Crippen molar-refractivity contribution < 1.29 is 4.74 Å². The molecular weight excluding hydrogens is 376 g/mol. The lowest BCUT2D eigenvalue weighted by Gasteiger charge is -2.19. The molecule has 27 heavy (non-hydrogen) atoms. The van der Waals surface area contributed by atoms with E-state index in [9.17, 15) is 5.26 Å². The summed E-state index contributed by atoms with van der Waals surface area (Å²) >= 11 is 1.56. The minimum atomic E-state index is -0.0301. The van der Waals surface area contributed by atoms with E-state index in [1.165, 1.54) is 11.1 Å². The van der Waals surface area contributed by atoms with Crippen LogP contribution in [0.4, 0.5) is 0 Å². The number of halogens is 1. The molecule has 0 saturated carbocycles. The maximum atomic E-state index is 9.61. The first-order valence-electron chi connectivity index (χ1n) is 8.61. The van der Waals surface area contributed by atoms with E-state index in [-0.39, 0.29) is 18.5 Å². The van der Waals surface area contributed by atoms with Crippen molar-refractivity contribution in [2.75, 3.05) is 0 Å². The molecule has 0 radical (unpaired) electrons. The molecule has 0 aliphatic heterocycles. The van der Waals surface area contributed by atoms with E-state index in [1.807, 2.05) is 31.4 Å². The van der Waals surface area contributed by atoms with Crippen molar-refractivity contribution in [1.29, 1.82) is 5.26 Å². The van der Waals surface area contributed by atoms with Crippen LogP contribution in [0.25, 0.3) is 27.8 Å². The van der Waals surface area contributed by atoms with Gasteiger partial charge in [-0.2, -0.15) is 5.26 Å². The number of ether oxygens (including phenoxy) is 1. The number of aromatic nitrogens is 1. The van der Waals surface area contributed by atoms with Crippen LogP contribution in [0.2, 0.25) is 0 Å². The number of benzene rings is 2. The Bertz CT molecular complexity index is 1030. The molecule has 0 saturated heterocycles. The van der Waals surface area contributed by atoms with Gasteiger partial charge in [-0.1, -0.05) is 36.4 Å². The average Bonchev–Trinajstić information content (AvgIpc) is 3.32. The van der Waals surface area contributed by atoms with Gasteiger partial charge < -0.3 is 4.74 Å². The molecule has 1 aromatic heterocycles. The van der Waals surface area contributed by atoms with E-state index in [2.05, 4.69) is 41.4 Å². The molecule has 0 atom stereocenters. The number of allylic oxidation sites excluding steroid dienone is 1.